The average molecular weight is 453 g/mol. The van der Waals surface area contributed by atoms with E-state index in [9.17, 15) is 4.79 Å². The number of aromatic nitrogens is 3. The van der Waals surface area contributed by atoms with Crippen molar-refractivity contribution in [2.45, 2.75) is 31.7 Å². The van der Waals surface area contributed by atoms with Gasteiger partial charge in [0.1, 0.15) is 17.2 Å². The standard InChI is InChI=1S/C23H21FN4O3S/c24-22-16(14-4-2-1-3-5-14)6-7-17-23(22)32-21(26-17)13-20-28-27-19(31-20)12-18(29)25-15-8-10-30-11-9-15/h1-7,15H,8-13H2,(H,25,29). The maximum absolute atomic E-state index is 15.1. The molecule has 1 N–H and O–H groups in total. The molecule has 1 aliphatic heterocycles. The van der Waals surface area contributed by atoms with Gasteiger partial charge in [-0.3, -0.25) is 4.79 Å². The van der Waals surface area contributed by atoms with Gasteiger partial charge in [-0.25, -0.2) is 9.37 Å². The van der Waals surface area contributed by atoms with Crippen LogP contribution >= 0.6 is 11.3 Å². The summed E-state index contributed by atoms with van der Waals surface area (Å²) in [4.78, 5) is 16.7. The number of ether oxygens (including phenoxy) is 1. The maximum atomic E-state index is 15.1. The first-order valence-electron chi connectivity index (χ1n) is 10.5. The molecule has 2 aromatic carbocycles. The summed E-state index contributed by atoms with van der Waals surface area (Å²) in [5, 5.41) is 11.6. The number of benzene rings is 2. The molecule has 0 saturated carbocycles. The van der Waals surface area contributed by atoms with E-state index in [-0.39, 0.29) is 36.5 Å². The van der Waals surface area contributed by atoms with Crippen LogP contribution in [-0.4, -0.2) is 40.3 Å². The minimum Gasteiger partial charge on any atom is -0.424 e. The average Bonchev–Trinajstić information content (AvgIpc) is 3.42. The molecule has 0 atom stereocenters. The molecule has 0 aliphatic carbocycles. The van der Waals surface area contributed by atoms with Gasteiger partial charge in [-0.2, -0.15) is 0 Å². The summed E-state index contributed by atoms with van der Waals surface area (Å²) in [5.41, 5.74) is 1.96. The molecular formula is C23H21FN4O3S. The largest absolute Gasteiger partial charge is 0.424 e. The number of amides is 1. The van der Waals surface area contributed by atoms with E-state index < -0.39 is 0 Å². The molecule has 3 heterocycles. The Morgan fingerprint density at radius 3 is 2.69 bits per heavy atom. The van der Waals surface area contributed by atoms with Crippen LogP contribution < -0.4 is 5.32 Å². The molecular weight excluding hydrogens is 431 g/mol. The SMILES string of the molecule is O=C(Cc1nnc(Cc2nc3ccc(-c4ccccc4)c(F)c3s2)o1)NC1CCOCC1. The lowest BCUT2D eigenvalue weighted by molar-refractivity contribution is -0.122. The Hall–Kier alpha value is -3.17. The molecule has 1 saturated heterocycles. The van der Waals surface area contributed by atoms with E-state index in [1.165, 1.54) is 11.3 Å². The number of carbonyl (C=O) groups excluding carboxylic acids is 1. The summed E-state index contributed by atoms with van der Waals surface area (Å²) in [6.45, 7) is 1.32. The quantitative estimate of drug-likeness (QED) is 0.477. The number of rotatable bonds is 6. The van der Waals surface area contributed by atoms with Crippen molar-refractivity contribution in [3.05, 3.63) is 65.1 Å². The minimum absolute atomic E-state index is 0.0270. The first-order chi connectivity index (χ1) is 15.7. The number of carbonyl (C=O) groups is 1. The van der Waals surface area contributed by atoms with Crippen LogP contribution in [0.15, 0.2) is 46.9 Å². The highest BCUT2D eigenvalue weighted by Gasteiger charge is 2.19. The van der Waals surface area contributed by atoms with Crippen molar-refractivity contribution in [2.75, 3.05) is 13.2 Å². The van der Waals surface area contributed by atoms with E-state index in [4.69, 9.17) is 9.15 Å². The van der Waals surface area contributed by atoms with Gasteiger partial charge in [0.2, 0.25) is 17.7 Å². The van der Waals surface area contributed by atoms with Crippen molar-refractivity contribution in [1.29, 1.82) is 0 Å². The van der Waals surface area contributed by atoms with Crippen molar-refractivity contribution in [1.82, 2.24) is 20.5 Å². The van der Waals surface area contributed by atoms with Crippen LogP contribution in [0.2, 0.25) is 0 Å². The second-order valence-electron chi connectivity index (χ2n) is 7.65. The second-order valence-corrected chi connectivity index (χ2v) is 8.73. The summed E-state index contributed by atoms with van der Waals surface area (Å²) in [5.74, 6) is 0.167. The normalized spacial score (nSPS) is 14.7. The number of halogens is 1. The minimum atomic E-state index is -0.284. The van der Waals surface area contributed by atoms with Crippen LogP contribution in [0.4, 0.5) is 4.39 Å². The first-order valence-corrected chi connectivity index (χ1v) is 11.3. The van der Waals surface area contributed by atoms with Crippen LogP contribution in [-0.2, 0) is 22.4 Å². The summed E-state index contributed by atoms with van der Waals surface area (Å²) < 4.78 is 26.5. The van der Waals surface area contributed by atoms with Crippen molar-refractivity contribution in [2.24, 2.45) is 0 Å². The van der Waals surface area contributed by atoms with E-state index >= 15 is 4.39 Å². The van der Waals surface area contributed by atoms with Gasteiger partial charge in [0, 0.05) is 24.8 Å². The predicted octanol–water partition coefficient (Wildman–Crippen LogP) is 3.91. The summed E-state index contributed by atoms with van der Waals surface area (Å²) in [6.07, 6.45) is 1.93. The highest BCUT2D eigenvalue weighted by molar-refractivity contribution is 7.18. The molecule has 0 radical (unpaired) electrons. The molecule has 7 nitrogen and oxygen atoms in total. The fourth-order valence-electron chi connectivity index (χ4n) is 3.74. The van der Waals surface area contributed by atoms with Gasteiger partial charge in [-0.15, -0.1) is 21.5 Å². The second kappa shape index (κ2) is 9.13. The third kappa shape index (κ3) is 4.53. The highest BCUT2D eigenvalue weighted by Crippen LogP contribution is 2.33. The number of nitrogens with zero attached hydrogens (tertiary/aromatic N) is 3. The van der Waals surface area contributed by atoms with Gasteiger partial charge in [0.05, 0.1) is 16.6 Å². The number of fused-ring (bicyclic) bond motifs is 1. The Balaban J connectivity index is 1.27. The van der Waals surface area contributed by atoms with Crippen LogP contribution in [0, 0.1) is 5.82 Å². The monoisotopic (exact) mass is 452 g/mol. The maximum Gasteiger partial charge on any atom is 0.229 e. The molecule has 9 heteroatoms. The van der Waals surface area contributed by atoms with Crippen molar-refractivity contribution < 1.29 is 18.3 Å². The molecule has 4 aromatic rings. The third-order valence-electron chi connectivity index (χ3n) is 5.34. The van der Waals surface area contributed by atoms with Crippen molar-refractivity contribution in [3.8, 4) is 11.1 Å². The van der Waals surface area contributed by atoms with E-state index in [2.05, 4.69) is 20.5 Å². The zero-order chi connectivity index (χ0) is 21.9. The first kappa shape index (κ1) is 20.7. The number of thiazole rings is 1. The topological polar surface area (TPSA) is 90.1 Å². The Morgan fingerprint density at radius 1 is 1.09 bits per heavy atom. The number of hydrogen-bond donors (Lipinski definition) is 1. The molecule has 1 amide bonds. The Bertz CT molecular complexity index is 1230. The summed E-state index contributed by atoms with van der Waals surface area (Å²) in [6, 6.07) is 13.1. The molecule has 0 bridgehead atoms. The summed E-state index contributed by atoms with van der Waals surface area (Å²) in [7, 11) is 0. The van der Waals surface area contributed by atoms with E-state index in [1.807, 2.05) is 36.4 Å². The van der Waals surface area contributed by atoms with E-state index in [0.29, 0.717) is 39.9 Å². The lowest BCUT2D eigenvalue weighted by atomic mass is 10.1. The van der Waals surface area contributed by atoms with Crippen molar-refractivity contribution >= 4 is 27.5 Å². The fraction of sp³-hybridized carbons (Fsp3) is 0.304. The van der Waals surface area contributed by atoms with Gasteiger partial charge in [-0.05, 0) is 30.5 Å². The molecule has 32 heavy (non-hydrogen) atoms. The molecule has 0 spiro atoms. The molecule has 5 rings (SSSR count). The van der Waals surface area contributed by atoms with Crippen LogP contribution in [0.3, 0.4) is 0 Å². The number of hydrogen-bond acceptors (Lipinski definition) is 7. The lowest BCUT2D eigenvalue weighted by Crippen LogP contribution is -2.39. The van der Waals surface area contributed by atoms with Gasteiger partial charge >= 0.3 is 0 Å². The molecule has 1 fully saturated rings. The molecule has 1 aliphatic rings. The van der Waals surface area contributed by atoms with Gasteiger partial charge in [0.15, 0.2) is 0 Å². The van der Waals surface area contributed by atoms with Gasteiger partial charge < -0.3 is 14.5 Å². The highest BCUT2D eigenvalue weighted by atomic mass is 32.1. The Labute approximate surface area is 187 Å². The van der Waals surface area contributed by atoms with E-state index in [0.717, 1.165) is 18.4 Å². The fourth-order valence-corrected chi connectivity index (χ4v) is 4.73. The lowest BCUT2D eigenvalue weighted by Gasteiger charge is -2.22. The van der Waals surface area contributed by atoms with Gasteiger partial charge in [0.25, 0.3) is 0 Å². The van der Waals surface area contributed by atoms with Crippen molar-refractivity contribution in [3.63, 3.8) is 0 Å². The van der Waals surface area contributed by atoms with Crippen LogP contribution in [0.1, 0.15) is 29.6 Å². The Kier molecular flexibility index (Phi) is 5.91. The predicted molar refractivity (Wildman–Crippen MR) is 118 cm³/mol. The van der Waals surface area contributed by atoms with Crippen LogP contribution in [0.25, 0.3) is 21.3 Å². The number of nitrogens with one attached hydrogen (secondary N) is 1. The Morgan fingerprint density at radius 2 is 1.88 bits per heavy atom. The summed E-state index contributed by atoms with van der Waals surface area (Å²) >= 11 is 1.27. The zero-order valence-electron chi connectivity index (χ0n) is 17.2. The molecule has 0 unspecified atom stereocenters. The smallest absolute Gasteiger partial charge is 0.229 e. The molecule has 164 valence electrons. The third-order valence-corrected chi connectivity index (χ3v) is 6.40. The van der Waals surface area contributed by atoms with Crippen LogP contribution in [0.5, 0.6) is 0 Å². The van der Waals surface area contributed by atoms with Gasteiger partial charge in [-0.1, -0.05) is 30.3 Å². The molecule has 2 aromatic heterocycles. The zero-order valence-corrected chi connectivity index (χ0v) is 18.0. The van der Waals surface area contributed by atoms with E-state index in [1.54, 1.807) is 6.07 Å².